The quantitative estimate of drug-likeness (QED) is 0.0432. The van der Waals surface area contributed by atoms with Gasteiger partial charge in [-0.25, -0.2) is 9.97 Å². The van der Waals surface area contributed by atoms with Crippen molar-refractivity contribution in [3.8, 4) is 11.3 Å². The van der Waals surface area contributed by atoms with Crippen molar-refractivity contribution in [3.63, 3.8) is 0 Å². The zero-order chi connectivity index (χ0) is 43.4. The lowest BCUT2D eigenvalue weighted by Gasteiger charge is -2.32. The van der Waals surface area contributed by atoms with E-state index in [2.05, 4.69) is 42.4 Å². The second-order valence-corrected chi connectivity index (χ2v) is 15.4. The number of unbranched alkanes of at least 4 members (excludes halogenated alkanes) is 1. The number of aliphatic carboxylic acids is 1. The molecule has 2 aromatic carbocycles. The normalized spacial score (nSPS) is 16.8. The van der Waals surface area contributed by atoms with Gasteiger partial charge < -0.3 is 25.7 Å². The predicted octanol–water partition coefficient (Wildman–Crippen LogP) is 8.57. The van der Waals surface area contributed by atoms with Crippen molar-refractivity contribution in [2.24, 2.45) is 5.92 Å². The fourth-order valence-corrected chi connectivity index (χ4v) is 6.83. The van der Waals surface area contributed by atoms with E-state index in [-0.39, 0.29) is 24.0 Å². The molecule has 0 bridgehead atoms. The van der Waals surface area contributed by atoms with Crippen molar-refractivity contribution < 1.29 is 24.6 Å². The summed E-state index contributed by atoms with van der Waals surface area (Å²) in [5.74, 6) is -0.355. The SMILES string of the molecule is CC/C=C\C[C@H](O)C/C=C1/C(=O)C=C[C@@H]1C/C=C\CCCC(=O)O.Cc1ccc(NC(=O)c2ccc(CN3CCN(C)CC3)cc2)cc1Nc1nccc(-c2cccnc2)n1. The molecule has 1 amide bonds. The molecule has 6 rings (SSSR count). The maximum Gasteiger partial charge on any atom is 0.303 e. The number of amides is 1. The molecule has 1 aliphatic heterocycles. The van der Waals surface area contributed by atoms with Crippen molar-refractivity contribution in [1.82, 2.24) is 24.8 Å². The fraction of sp³-hybridized carbons (Fsp3) is 0.347. The maximum absolute atomic E-state index is 12.9. The fourth-order valence-electron chi connectivity index (χ4n) is 6.83. The molecule has 0 unspecified atom stereocenters. The molecule has 2 atom stereocenters. The van der Waals surface area contributed by atoms with Crippen LogP contribution in [0.2, 0.25) is 0 Å². The number of ketones is 1. The van der Waals surface area contributed by atoms with E-state index in [1.807, 2.05) is 111 Å². The van der Waals surface area contributed by atoms with E-state index in [1.54, 1.807) is 24.7 Å². The van der Waals surface area contributed by atoms with Gasteiger partial charge >= 0.3 is 5.97 Å². The number of aliphatic hydroxyl groups excluding tert-OH is 1. The van der Waals surface area contributed by atoms with Gasteiger partial charge in [-0.2, -0.15) is 0 Å². The van der Waals surface area contributed by atoms with Crippen LogP contribution in [0.1, 0.15) is 73.4 Å². The van der Waals surface area contributed by atoms with Crippen molar-refractivity contribution in [2.75, 3.05) is 43.9 Å². The Hall–Kier alpha value is -6.08. The molecule has 12 nitrogen and oxygen atoms in total. The number of rotatable bonds is 18. The van der Waals surface area contributed by atoms with Crippen LogP contribution in [0.25, 0.3) is 11.3 Å². The third-order valence-electron chi connectivity index (χ3n) is 10.5. The number of hydrogen-bond acceptors (Lipinski definition) is 10. The second-order valence-electron chi connectivity index (χ2n) is 15.4. The average molecular weight is 826 g/mol. The van der Waals surface area contributed by atoms with Crippen LogP contribution in [-0.4, -0.2) is 92.0 Å². The van der Waals surface area contributed by atoms with Gasteiger partial charge in [0.1, 0.15) is 0 Å². The molecule has 1 saturated heterocycles. The molecule has 0 saturated carbocycles. The molecule has 1 aliphatic carbocycles. The average Bonchev–Trinajstić information content (AvgIpc) is 3.62. The number of piperazine rings is 1. The number of nitrogens with zero attached hydrogens (tertiary/aromatic N) is 5. The highest BCUT2D eigenvalue weighted by molar-refractivity contribution is 6.07. The van der Waals surface area contributed by atoms with Crippen LogP contribution in [0.4, 0.5) is 17.3 Å². The van der Waals surface area contributed by atoms with Gasteiger partial charge in [0.15, 0.2) is 5.78 Å². The van der Waals surface area contributed by atoms with Crippen LogP contribution in [-0.2, 0) is 16.1 Å². The first-order valence-electron chi connectivity index (χ1n) is 21.1. The first-order valence-corrected chi connectivity index (χ1v) is 21.1. The lowest BCUT2D eigenvalue weighted by atomic mass is 9.96. The smallest absolute Gasteiger partial charge is 0.303 e. The number of pyridine rings is 1. The number of likely N-dealkylation sites (N-methyl/N-ethyl adjacent to an activating group) is 1. The van der Waals surface area contributed by atoms with E-state index >= 15 is 0 Å². The Bertz CT molecular complexity index is 2160. The molecular formula is C49H59N7O5. The Balaban J connectivity index is 0.000000255. The number of nitrogens with one attached hydrogen (secondary N) is 2. The lowest BCUT2D eigenvalue weighted by molar-refractivity contribution is -0.137. The molecule has 61 heavy (non-hydrogen) atoms. The van der Waals surface area contributed by atoms with Gasteiger partial charge in [-0.3, -0.25) is 24.3 Å². The zero-order valence-corrected chi connectivity index (χ0v) is 35.5. The van der Waals surface area contributed by atoms with Crippen LogP contribution >= 0.6 is 0 Å². The van der Waals surface area contributed by atoms with E-state index in [4.69, 9.17) is 5.11 Å². The highest BCUT2D eigenvalue weighted by atomic mass is 16.4. The highest BCUT2D eigenvalue weighted by Crippen LogP contribution is 2.27. The molecule has 12 heteroatoms. The summed E-state index contributed by atoms with van der Waals surface area (Å²) in [4.78, 5) is 53.2. The Kier molecular flexibility index (Phi) is 18.3. The number of aromatic nitrogens is 3. The third kappa shape index (κ3) is 15.5. The molecule has 0 radical (unpaired) electrons. The molecule has 0 spiro atoms. The molecule has 4 aromatic rings. The topological polar surface area (TPSA) is 161 Å². The Morgan fingerprint density at radius 1 is 0.967 bits per heavy atom. The minimum absolute atomic E-state index is 0.0237. The number of carbonyl (C=O) groups excluding carboxylic acids is 2. The Morgan fingerprint density at radius 3 is 2.51 bits per heavy atom. The zero-order valence-electron chi connectivity index (χ0n) is 35.5. The molecule has 4 N–H and O–H groups in total. The summed E-state index contributed by atoms with van der Waals surface area (Å²) in [5.41, 5.74) is 6.84. The number of benzene rings is 2. The van der Waals surface area contributed by atoms with Crippen molar-refractivity contribution in [2.45, 2.75) is 71.4 Å². The van der Waals surface area contributed by atoms with E-state index < -0.39 is 12.1 Å². The minimum Gasteiger partial charge on any atom is -0.481 e. The number of aliphatic hydroxyl groups is 1. The molecule has 320 valence electrons. The van der Waals surface area contributed by atoms with Gasteiger partial charge in [0.25, 0.3) is 5.91 Å². The molecule has 1 fully saturated rings. The molecule has 2 aromatic heterocycles. The number of allylic oxidation sites excluding steroid dienone is 6. The van der Waals surface area contributed by atoms with Gasteiger partial charge in [-0.1, -0.05) is 61.6 Å². The van der Waals surface area contributed by atoms with Crippen molar-refractivity contribution in [1.29, 1.82) is 0 Å². The van der Waals surface area contributed by atoms with Crippen LogP contribution in [0, 0.1) is 12.8 Å². The summed E-state index contributed by atoms with van der Waals surface area (Å²) in [6, 6.07) is 19.3. The van der Waals surface area contributed by atoms with Gasteiger partial charge in [0.2, 0.25) is 5.95 Å². The van der Waals surface area contributed by atoms with Gasteiger partial charge in [-0.15, -0.1) is 0 Å². The number of aryl methyl sites for hydroxylation is 1. The summed E-state index contributed by atoms with van der Waals surface area (Å²) >= 11 is 0. The van der Waals surface area contributed by atoms with Gasteiger partial charge in [0.05, 0.1) is 11.8 Å². The number of carboxylic acid groups (broad SMARTS) is 1. The van der Waals surface area contributed by atoms with Crippen molar-refractivity contribution in [3.05, 3.63) is 144 Å². The highest BCUT2D eigenvalue weighted by Gasteiger charge is 2.22. The standard InChI is InChI=1S/C29H31N7O.C20H28O4/c1-21-5-10-25(18-27(21)34-29-31-13-11-26(33-29)24-4-3-12-30-19-24)32-28(37)23-8-6-22(7-9-23)20-36-16-14-35(2)15-17-36;1-2-3-6-10-17(21)13-14-18-16(12-15-19(18)22)9-7-4-5-8-11-20(23)24/h3-13,18-19H,14-17,20H2,1-2H3,(H,32,37)(H,31,33,34);3-4,6-7,12,14-17,21H,2,5,8-11,13H2,1H3,(H,23,24)/b;6-3-,7-4-,18-14+/t;16-,17-/m.0/s1. The summed E-state index contributed by atoms with van der Waals surface area (Å²) < 4.78 is 0. The lowest BCUT2D eigenvalue weighted by Crippen LogP contribution is -2.43. The van der Waals surface area contributed by atoms with Crippen LogP contribution < -0.4 is 10.6 Å². The predicted molar refractivity (Wildman–Crippen MR) is 243 cm³/mol. The second kappa shape index (κ2) is 24.2. The maximum atomic E-state index is 12.9. The van der Waals surface area contributed by atoms with Gasteiger partial charge in [-0.05, 0) is 112 Å². The largest absolute Gasteiger partial charge is 0.481 e. The summed E-state index contributed by atoms with van der Waals surface area (Å²) in [6.45, 7) is 9.28. The molecule has 3 heterocycles. The molecule has 2 aliphatic rings. The monoisotopic (exact) mass is 825 g/mol. The van der Waals surface area contributed by atoms with E-state index in [0.717, 1.165) is 80.1 Å². The number of carbonyl (C=O) groups is 3. The number of carboxylic acids is 1. The Labute approximate surface area is 359 Å². The summed E-state index contributed by atoms with van der Waals surface area (Å²) in [6.07, 6.45) is 22.4. The molecular weight excluding hydrogens is 767 g/mol. The summed E-state index contributed by atoms with van der Waals surface area (Å²) in [7, 11) is 2.16. The van der Waals surface area contributed by atoms with Crippen LogP contribution in [0.5, 0.6) is 0 Å². The van der Waals surface area contributed by atoms with E-state index in [0.29, 0.717) is 36.5 Å². The van der Waals surface area contributed by atoms with E-state index in [9.17, 15) is 19.5 Å². The van der Waals surface area contributed by atoms with Crippen LogP contribution in [0.3, 0.4) is 0 Å². The summed E-state index contributed by atoms with van der Waals surface area (Å²) in [5, 5.41) is 24.8. The van der Waals surface area contributed by atoms with Crippen molar-refractivity contribution >= 4 is 35.0 Å². The first kappa shape index (κ1) is 46.0. The minimum atomic E-state index is -0.773. The van der Waals surface area contributed by atoms with Crippen LogP contribution in [0.15, 0.2) is 127 Å². The number of anilines is 3. The third-order valence-corrected chi connectivity index (χ3v) is 10.5. The van der Waals surface area contributed by atoms with Gasteiger partial charge in [0, 0.05) is 91.7 Å². The Morgan fingerprint density at radius 2 is 1.77 bits per heavy atom. The first-order chi connectivity index (χ1) is 29.6. The van der Waals surface area contributed by atoms with E-state index in [1.165, 1.54) is 5.56 Å². The number of hydrogen-bond donors (Lipinski definition) is 4.